The summed E-state index contributed by atoms with van der Waals surface area (Å²) in [5, 5.41) is 4.15. The van der Waals surface area contributed by atoms with Crippen LogP contribution >= 0.6 is 0 Å². The molecule has 6 nitrogen and oxygen atoms in total. The molecule has 16 heavy (non-hydrogen) atoms. The second-order valence-electron chi connectivity index (χ2n) is 4.11. The molecule has 1 saturated heterocycles. The minimum Gasteiger partial charge on any atom is -0.382 e. The van der Waals surface area contributed by atoms with Crippen LogP contribution in [0.3, 0.4) is 0 Å². The van der Waals surface area contributed by atoms with Gasteiger partial charge in [0.25, 0.3) is 0 Å². The zero-order chi connectivity index (χ0) is 11.8. The van der Waals surface area contributed by atoms with Crippen molar-refractivity contribution in [3.8, 4) is 0 Å². The van der Waals surface area contributed by atoms with Gasteiger partial charge in [0.05, 0.1) is 12.3 Å². The number of anilines is 1. The van der Waals surface area contributed by atoms with Gasteiger partial charge < -0.3 is 5.73 Å². The lowest BCUT2D eigenvalue weighted by Crippen LogP contribution is -2.38. The van der Waals surface area contributed by atoms with E-state index in [1.807, 2.05) is 10.9 Å². The van der Waals surface area contributed by atoms with E-state index in [1.54, 1.807) is 6.07 Å². The Morgan fingerprint density at radius 3 is 2.50 bits per heavy atom. The fraction of sp³-hybridized carbons (Fsp3) is 0.667. The fourth-order valence-corrected chi connectivity index (χ4v) is 2.87. The highest BCUT2D eigenvalue weighted by Crippen LogP contribution is 2.23. The average molecular weight is 244 g/mol. The summed E-state index contributed by atoms with van der Waals surface area (Å²) < 4.78 is 26.0. The Labute approximate surface area is 95.1 Å². The Morgan fingerprint density at radius 1 is 1.44 bits per heavy atom. The van der Waals surface area contributed by atoms with Crippen LogP contribution in [0.4, 0.5) is 5.82 Å². The van der Waals surface area contributed by atoms with Gasteiger partial charge in [0.2, 0.25) is 10.0 Å². The number of piperidine rings is 1. The van der Waals surface area contributed by atoms with Crippen LogP contribution in [-0.4, -0.2) is 41.8 Å². The number of hydrogen-bond acceptors (Lipinski definition) is 4. The molecule has 0 aliphatic carbocycles. The number of hydrogen-bond donors (Lipinski definition) is 1. The molecule has 1 aromatic heterocycles. The molecule has 0 bridgehead atoms. The van der Waals surface area contributed by atoms with Crippen molar-refractivity contribution in [1.29, 1.82) is 0 Å². The fourth-order valence-electron chi connectivity index (χ4n) is 1.99. The van der Waals surface area contributed by atoms with E-state index in [9.17, 15) is 8.42 Å². The van der Waals surface area contributed by atoms with Crippen LogP contribution in [0.5, 0.6) is 0 Å². The van der Waals surface area contributed by atoms with Gasteiger partial charge in [-0.1, -0.05) is 0 Å². The number of nitrogen functional groups attached to an aromatic ring is 1. The summed E-state index contributed by atoms with van der Waals surface area (Å²) in [5.74, 6) is 0.505. The van der Waals surface area contributed by atoms with E-state index in [2.05, 4.69) is 5.10 Å². The zero-order valence-electron chi connectivity index (χ0n) is 9.20. The molecule has 7 heteroatoms. The Balaban J connectivity index is 2.00. The van der Waals surface area contributed by atoms with Crippen LogP contribution in [-0.2, 0) is 10.0 Å². The smallest absolute Gasteiger partial charge is 0.211 e. The highest BCUT2D eigenvalue weighted by atomic mass is 32.2. The molecule has 1 aliphatic heterocycles. The third-order valence-corrected chi connectivity index (χ3v) is 4.20. The van der Waals surface area contributed by atoms with Gasteiger partial charge >= 0.3 is 0 Å². The van der Waals surface area contributed by atoms with Crippen LogP contribution in [0.25, 0.3) is 0 Å². The first-order valence-electron chi connectivity index (χ1n) is 5.22. The molecule has 90 valence electrons. The first-order chi connectivity index (χ1) is 7.47. The van der Waals surface area contributed by atoms with Gasteiger partial charge in [0, 0.05) is 19.3 Å². The van der Waals surface area contributed by atoms with Gasteiger partial charge in [0.1, 0.15) is 5.82 Å². The summed E-state index contributed by atoms with van der Waals surface area (Å²) in [6.07, 6.45) is 4.66. The summed E-state index contributed by atoms with van der Waals surface area (Å²) in [5.41, 5.74) is 5.54. The Hall–Kier alpha value is -1.08. The maximum Gasteiger partial charge on any atom is 0.211 e. The lowest BCUT2D eigenvalue weighted by atomic mass is 10.1. The third kappa shape index (κ3) is 2.35. The molecule has 2 N–H and O–H groups in total. The van der Waals surface area contributed by atoms with E-state index in [0.29, 0.717) is 18.9 Å². The average Bonchev–Trinajstić information content (AvgIpc) is 2.64. The van der Waals surface area contributed by atoms with Gasteiger partial charge in [-0.3, -0.25) is 4.68 Å². The Morgan fingerprint density at radius 2 is 2.06 bits per heavy atom. The number of nitrogens with two attached hydrogens (primary N) is 1. The predicted octanol–water partition coefficient (Wildman–Crippen LogP) is 0.0618. The highest BCUT2D eigenvalue weighted by molar-refractivity contribution is 7.88. The number of sulfonamides is 1. The van der Waals surface area contributed by atoms with Crippen molar-refractivity contribution in [2.75, 3.05) is 25.1 Å². The van der Waals surface area contributed by atoms with Crippen molar-refractivity contribution >= 4 is 15.8 Å². The largest absolute Gasteiger partial charge is 0.382 e. The lowest BCUT2D eigenvalue weighted by molar-refractivity contribution is 0.262. The zero-order valence-corrected chi connectivity index (χ0v) is 10.0. The summed E-state index contributed by atoms with van der Waals surface area (Å²) in [6.45, 7) is 1.12. The maximum absolute atomic E-state index is 11.3. The molecule has 2 rings (SSSR count). The van der Waals surface area contributed by atoms with E-state index in [4.69, 9.17) is 5.73 Å². The van der Waals surface area contributed by atoms with Crippen molar-refractivity contribution < 1.29 is 8.42 Å². The quantitative estimate of drug-likeness (QED) is 0.797. The summed E-state index contributed by atoms with van der Waals surface area (Å²) in [4.78, 5) is 0. The van der Waals surface area contributed by atoms with Gasteiger partial charge in [-0.25, -0.2) is 12.7 Å². The molecule has 0 unspecified atom stereocenters. The van der Waals surface area contributed by atoms with Gasteiger partial charge in [-0.2, -0.15) is 5.10 Å². The van der Waals surface area contributed by atoms with Gasteiger partial charge in [0.15, 0.2) is 0 Å². The molecular weight excluding hydrogens is 228 g/mol. The monoisotopic (exact) mass is 244 g/mol. The lowest BCUT2D eigenvalue weighted by Gasteiger charge is -2.30. The van der Waals surface area contributed by atoms with E-state index in [1.165, 1.54) is 10.6 Å². The summed E-state index contributed by atoms with van der Waals surface area (Å²) in [7, 11) is -3.05. The number of rotatable bonds is 2. The van der Waals surface area contributed by atoms with Gasteiger partial charge in [-0.15, -0.1) is 0 Å². The third-order valence-electron chi connectivity index (χ3n) is 2.90. The van der Waals surface area contributed by atoms with Crippen molar-refractivity contribution in [2.24, 2.45) is 0 Å². The SMILES string of the molecule is CS(=O)(=O)N1CCC(n2ccc(N)n2)CC1. The van der Waals surface area contributed by atoms with E-state index < -0.39 is 10.0 Å². The van der Waals surface area contributed by atoms with Crippen LogP contribution in [0.1, 0.15) is 18.9 Å². The normalized spacial score (nSPS) is 20.1. The molecule has 2 heterocycles. The molecule has 0 aromatic carbocycles. The minimum absolute atomic E-state index is 0.260. The summed E-state index contributed by atoms with van der Waals surface area (Å²) in [6, 6.07) is 2.01. The minimum atomic E-state index is -3.05. The van der Waals surface area contributed by atoms with Crippen LogP contribution in [0.2, 0.25) is 0 Å². The second-order valence-corrected chi connectivity index (χ2v) is 6.10. The molecule has 0 spiro atoms. The Kier molecular flexibility index (Phi) is 2.90. The number of aromatic nitrogens is 2. The molecule has 0 saturated carbocycles. The first-order valence-corrected chi connectivity index (χ1v) is 7.07. The molecule has 0 amide bonds. The van der Waals surface area contributed by atoms with Crippen molar-refractivity contribution in [3.05, 3.63) is 12.3 Å². The van der Waals surface area contributed by atoms with Crippen LogP contribution in [0.15, 0.2) is 12.3 Å². The van der Waals surface area contributed by atoms with Crippen LogP contribution in [0, 0.1) is 0 Å². The molecule has 0 radical (unpaired) electrons. The van der Waals surface area contributed by atoms with E-state index >= 15 is 0 Å². The van der Waals surface area contributed by atoms with Gasteiger partial charge in [-0.05, 0) is 18.9 Å². The second kappa shape index (κ2) is 4.06. The standard InChI is InChI=1S/C9H16N4O2S/c1-16(14,15)12-5-2-8(3-6-12)13-7-4-9(10)11-13/h4,7-8H,2-3,5-6H2,1H3,(H2,10,11). The first kappa shape index (κ1) is 11.4. The number of nitrogens with zero attached hydrogens (tertiary/aromatic N) is 3. The molecule has 0 atom stereocenters. The van der Waals surface area contributed by atoms with Crippen LogP contribution < -0.4 is 5.73 Å². The van der Waals surface area contributed by atoms with E-state index in [-0.39, 0.29) is 6.04 Å². The molecule has 1 aliphatic rings. The van der Waals surface area contributed by atoms with Crippen molar-refractivity contribution in [2.45, 2.75) is 18.9 Å². The molecular formula is C9H16N4O2S. The van der Waals surface area contributed by atoms with Crippen molar-refractivity contribution in [3.63, 3.8) is 0 Å². The molecule has 1 aromatic rings. The predicted molar refractivity (Wildman–Crippen MR) is 61.3 cm³/mol. The highest BCUT2D eigenvalue weighted by Gasteiger charge is 2.25. The van der Waals surface area contributed by atoms with E-state index in [0.717, 1.165) is 12.8 Å². The topological polar surface area (TPSA) is 81.2 Å². The Bertz CT molecular complexity index is 460. The van der Waals surface area contributed by atoms with Crippen molar-refractivity contribution in [1.82, 2.24) is 14.1 Å². The maximum atomic E-state index is 11.3. The molecule has 1 fully saturated rings. The summed E-state index contributed by atoms with van der Waals surface area (Å²) >= 11 is 0.